The minimum atomic E-state index is 0. The largest absolute Gasteiger partial charge is 0.339 e. The first-order chi connectivity index (χ1) is 11.7. The van der Waals surface area contributed by atoms with Gasteiger partial charge in [-0.25, -0.2) is 0 Å². The molecule has 6 heteroatoms. The summed E-state index contributed by atoms with van der Waals surface area (Å²) in [5, 5.41) is 6.23. The summed E-state index contributed by atoms with van der Waals surface area (Å²) in [5.41, 5.74) is 1.43. The molecular weight excluding hydrogens is 338 g/mol. The van der Waals surface area contributed by atoms with Crippen LogP contribution in [-0.2, 0) is 4.79 Å². The number of anilines is 1. The Kier molecular flexibility index (Phi) is 9.53. The Morgan fingerprint density at radius 3 is 2.16 bits per heavy atom. The standard InChI is InChI=1S/C19H29N3O2.ClH/c1-3-13-22(14-4-2)19(24)16-5-7-17(8-6-16)21-18(23)15-9-11-20-12-10-15;/h5-8,15,20H,3-4,9-14H2,1-2H3,(H,21,23);1H. The molecule has 1 aromatic rings. The van der Waals surface area contributed by atoms with Crippen LogP contribution in [0.25, 0.3) is 0 Å². The molecular formula is C19H30ClN3O2. The highest BCUT2D eigenvalue weighted by Crippen LogP contribution is 2.17. The summed E-state index contributed by atoms with van der Waals surface area (Å²) < 4.78 is 0. The number of carbonyl (C=O) groups excluding carboxylic acids is 2. The second-order valence-corrected chi connectivity index (χ2v) is 6.38. The first kappa shape index (κ1) is 21.5. The van der Waals surface area contributed by atoms with Crippen molar-refractivity contribution < 1.29 is 9.59 Å². The van der Waals surface area contributed by atoms with E-state index in [1.807, 2.05) is 17.0 Å². The van der Waals surface area contributed by atoms with Crippen molar-refractivity contribution in [2.45, 2.75) is 39.5 Å². The lowest BCUT2D eigenvalue weighted by atomic mass is 9.97. The van der Waals surface area contributed by atoms with Gasteiger partial charge < -0.3 is 15.5 Å². The molecule has 0 saturated carbocycles. The summed E-state index contributed by atoms with van der Waals surface area (Å²) in [5.74, 6) is 0.223. The lowest BCUT2D eigenvalue weighted by molar-refractivity contribution is -0.120. The van der Waals surface area contributed by atoms with Crippen molar-refractivity contribution in [3.63, 3.8) is 0 Å². The van der Waals surface area contributed by atoms with Crippen LogP contribution in [0, 0.1) is 5.92 Å². The second-order valence-electron chi connectivity index (χ2n) is 6.38. The molecule has 0 unspecified atom stereocenters. The molecule has 1 heterocycles. The van der Waals surface area contributed by atoms with E-state index < -0.39 is 0 Å². The van der Waals surface area contributed by atoms with Crippen molar-refractivity contribution in [2.24, 2.45) is 5.92 Å². The summed E-state index contributed by atoms with van der Waals surface area (Å²) in [6.45, 7) is 7.51. The maximum atomic E-state index is 12.5. The minimum Gasteiger partial charge on any atom is -0.339 e. The molecule has 1 saturated heterocycles. The van der Waals surface area contributed by atoms with Gasteiger partial charge in [0.25, 0.3) is 5.91 Å². The lowest BCUT2D eigenvalue weighted by Gasteiger charge is -2.22. The molecule has 1 aliphatic heterocycles. The molecule has 140 valence electrons. The van der Waals surface area contributed by atoms with E-state index >= 15 is 0 Å². The zero-order valence-electron chi connectivity index (χ0n) is 15.2. The Bertz CT molecular complexity index is 536. The number of hydrogen-bond donors (Lipinski definition) is 2. The minimum absolute atomic E-state index is 0. The van der Waals surface area contributed by atoms with E-state index in [-0.39, 0.29) is 30.1 Å². The molecule has 0 atom stereocenters. The number of rotatable bonds is 7. The highest BCUT2D eigenvalue weighted by molar-refractivity contribution is 5.96. The van der Waals surface area contributed by atoms with Crippen LogP contribution < -0.4 is 10.6 Å². The van der Waals surface area contributed by atoms with Crippen LogP contribution in [0.4, 0.5) is 5.69 Å². The molecule has 0 radical (unpaired) electrons. The molecule has 1 fully saturated rings. The van der Waals surface area contributed by atoms with Crippen LogP contribution >= 0.6 is 12.4 Å². The predicted molar refractivity (Wildman–Crippen MR) is 104 cm³/mol. The van der Waals surface area contributed by atoms with E-state index in [9.17, 15) is 9.59 Å². The molecule has 2 amide bonds. The fourth-order valence-corrected chi connectivity index (χ4v) is 3.06. The van der Waals surface area contributed by atoms with Gasteiger partial charge in [0.15, 0.2) is 0 Å². The fraction of sp³-hybridized carbons (Fsp3) is 0.579. The average Bonchev–Trinajstić information content (AvgIpc) is 2.62. The Balaban J connectivity index is 0.00000312. The van der Waals surface area contributed by atoms with Crippen LogP contribution in [-0.4, -0.2) is 42.9 Å². The summed E-state index contributed by atoms with van der Waals surface area (Å²) in [4.78, 5) is 26.7. The number of carbonyl (C=O) groups is 2. The van der Waals surface area contributed by atoms with Crippen molar-refractivity contribution >= 4 is 29.9 Å². The molecule has 25 heavy (non-hydrogen) atoms. The Morgan fingerprint density at radius 2 is 1.64 bits per heavy atom. The van der Waals surface area contributed by atoms with Gasteiger partial charge in [0.05, 0.1) is 0 Å². The zero-order valence-corrected chi connectivity index (χ0v) is 16.0. The van der Waals surface area contributed by atoms with Crippen molar-refractivity contribution in [1.29, 1.82) is 0 Å². The Labute approximate surface area is 157 Å². The number of nitrogens with one attached hydrogen (secondary N) is 2. The molecule has 0 aromatic heterocycles. The highest BCUT2D eigenvalue weighted by atomic mass is 35.5. The average molecular weight is 368 g/mol. The van der Waals surface area contributed by atoms with E-state index in [0.717, 1.165) is 57.5 Å². The van der Waals surface area contributed by atoms with E-state index in [1.54, 1.807) is 12.1 Å². The predicted octanol–water partition coefficient (Wildman–Crippen LogP) is 3.31. The second kappa shape index (κ2) is 11.1. The van der Waals surface area contributed by atoms with Crippen LogP contribution in [0.5, 0.6) is 0 Å². The quantitative estimate of drug-likeness (QED) is 0.777. The van der Waals surface area contributed by atoms with Gasteiger partial charge in [-0.2, -0.15) is 0 Å². The van der Waals surface area contributed by atoms with Crippen molar-refractivity contribution in [1.82, 2.24) is 10.2 Å². The highest BCUT2D eigenvalue weighted by Gasteiger charge is 2.21. The summed E-state index contributed by atoms with van der Waals surface area (Å²) in [7, 11) is 0. The van der Waals surface area contributed by atoms with E-state index in [0.29, 0.717) is 5.56 Å². The summed E-state index contributed by atoms with van der Waals surface area (Å²) in [6.07, 6.45) is 3.67. The third kappa shape index (κ3) is 6.33. The van der Waals surface area contributed by atoms with Crippen LogP contribution in [0.3, 0.4) is 0 Å². The third-order valence-electron chi connectivity index (χ3n) is 4.38. The Hall–Kier alpha value is -1.59. The molecule has 1 aliphatic rings. The van der Waals surface area contributed by atoms with Gasteiger partial charge in [0.2, 0.25) is 5.91 Å². The van der Waals surface area contributed by atoms with Crippen molar-refractivity contribution in [2.75, 3.05) is 31.5 Å². The zero-order chi connectivity index (χ0) is 17.4. The van der Waals surface area contributed by atoms with Gasteiger partial charge >= 0.3 is 0 Å². The van der Waals surface area contributed by atoms with Gasteiger partial charge in [-0.15, -0.1) is 12.4 Å². The van der Waals surface area contributed by atoms with Gasteiger partial charge in [-0.1, -0.05) is 13.8 Å². The molecule has 0 spiro atoms. The molecule has 2 rings (SSSR count). The normalized spacial score (nSPS) is 14.5. The van der Waals surface area contributed by atoms with Crippen LogP contribution in [0.15, 0.2) is 24.3 Å². The Morgan fingerprint density at radius 1 is 1.08 bits per heavy atom. The number of benzene rings is 1. The molecule has 1 aromatic carbocycles. The molecule has 5 nitrogen and oxygen atoms in total. The number of hydrogen-bond acceptors (Lipinski definition) is 3. The SMILES string of the molecule is CCCN(CCC)C(=O)c1ccc(NC(=O)C2CCNCC2)cc1.Cl. The summed E-state index contributed by atoms with van der Waals surface area (Å²) in [6, 6.07) is 7.25. The van der Waals surface area contributed by atoms with Crippen molar-refractivity contribution in [3.05, 3.63) is 29.8 Å². The van der Waals surface area contributed by atoms with Crippen molar-refractivity contribution in [3.8, 4) is 0 Å². The number of piperidine rings is 1. The number of halogens is 1. The first-order valence-electron chi connectivity index (χ1n) is 9.06. The van der Waals surface area contributed by atoms with Gasteiger partial charge in [-0.05, 0) is 63.0 Å². The van der Waals surface area contributed by atoms with Gasteiger partial charge in [-0.3, -0.25) is 9.59 Å². The van der Waals surface area contributed by atoms with Gasteiger partial charge in [0, 0.05) is 30.3 Å². The van der Waals surface area contributed by atoms with E-state index in [4.69, 9.17) is 0 Å². The monoisotopic (exact) mass is 367 g/mol. The molecule has 0 bridgehead atoms. The summed E-state index contributed by atoms with van der Waals surface area (Å²) >= 11 is 0. The number of nitrogens with zero attached hydrogens (tertiary/aromatic N) is 1. The topological polar surface area (TPSA) is 61.4 Å². The van der Waals surface area contributed by atoms with Gasteiger partial charge in [0.1, 0.15) is 0 Å². The van der Waals surface area contributed by atoms with E-state index in [1.165, 1.54) is 0 Å². The maximum Gasteiger partial charge on any atom is 0.253 e. The molecule has 0 aliphatic carbocycles. The maximum absolute atomic E-state index is 12.5. The first-order valence-corrected chi connectivity index (χ1v) is 9.06. The van der Waals surface area contributed by atoms with Crippen LogP contribution in [0.1, 0.15) is 49.9 Å². The van der Waals surface area contributed by atoms with Crippen LogP contribution in [0.2, 0.25) is 0 Å². The smallest absolute Gasteiger partial charge is 0.253 e. The third-order valence-corrected chi connectivity index (χ3v) is 4.38. The number of amides is 2. The molecule has 2 N–H and O–H groups in total. The fourth-order valence-electron chi connectivity index (χ4n) is 3.06. The lowest BCUT2D eigenvalue weighted by Crippen LogP contribution is -2.34. The van der Waals surface area contributed by atoms with E-state index in [2.05, 4.69) is 24.5 Å².